The number of nitrogens with two attached hydrogens (primary N) is 1. The second-order valence-electron chi connectivity index (χ2n) is 5.52. The maximum absolute atomic E-state index is 12.7. The van der Waals surface area contributed by atoms with E-state index in [9.17, 15) is 4.79 Å². The monoisotopic (exact) mass is 316 g/mol. The van der Waals surface area contributed by atoms with E-state index in [-0.39, 0.29) is 18.3 Å². The number of benzene rings is 2. The maximum atomic E-state index is 12.7. The minimum atomic E-state index is -0.487. The lowest BCUT2D eigenvalue weighted by molar-refractivity contribution is -0.119. The molecule has 1 amide bonds. The number of carbonyl (C=O) groups is 1. The van der Waals surface area contributed by atoms with Crippen molar-refractivity contribution < 1.29 is 4.79 Å². The summed E-state index contributed by atoms with van der Waals surface area (Å²) in [4.78, 5) is 14.5. The molecular formula is C18H21ClN2O. The van der Waals surface area contributed by atoms with Crippen molar-refractivity contribution in [2.75, 3.05) is 11.4 Å². The molecule has 1 unspecified atom stereocenters. The topological polar surface area (TPSA) is 46.3 Å². The lowest BCUT2D eigenvalue weighted by Crippen LogP contribution is -2.47. The van der Waals surface area contributed by atoms with Crippen LogP contribution in [0.15, 0.2) is 54.6 Å². The molecule has 0 fully saturated rings. The summed E-state index contributed by atoms with van der Waals surface area (Å²) in [6.45, 7) is 0.762. The lowest BCUT2D eigenvalue weighted by atomic mass is 9.99. The standard InChI is InChI=1S/C18H20N2O.ClH/c19-16(13-14-7-2-1-3-8-14)18(21)20-12-6-10-15-9-4-5-11-17(15)20;/h1-5,7-9,11,16H,6,10,12-13,19H2;1H. The Morgan fingerprint density at radius 2 is 1.77 bits per heavy atom. The molecule has 0 bridgehead atoms. The Bertz CT molecular complexity index is 630. The van der Waals surface area contributed by atoms with Gasteiger partial charge in [-0.3, -0.25) is 4.79 Å². The van der Waals surface area contributed by atoms with Gasteiger partial charge in [0.1, 0.15) is 0 Å². The van der Waals surface area contributed by atoms with Gasteiger partial charge in [0, 0.05) is 12.2 Å². The SMILES string of the molecule is Cl.NC(Cc1ccccc1)C(=O)N1CCCc2ccccc21. The van der Waals surface area contributed by atoms with E-state index in [0.29, 0.717) is 6.42 Å². The van der Waals surface area contributed by atoms with Gasteiger partial charge in [0.25, 0.3) is 0 Å². The van der Waals surface area contributed by atoms with E-state index in [1.165, 1.54) is 5.56 Å². The fourth-order valence-corrected chi connectivity index (χ4v) is 2.92. The number of amides is 1. The summed E-state index contributed by atoms with van der Waals surface area (Å²) in [5.74, 6) is 0.0194. The van der Waals surface area contributed by atoms with Gasteiger partial charge < -0.3 is 10.6 Å². The van der Waals surface area contributed by atoms with Gasteiger partial charge in [0.15, 0.2) is 0 Å². The zero-order valence-corrected chi connectivity index (χ0v) is 13.3. The Labute approximate surface area is 137 Å². The summed E-state index contributed by atoms with van der Waals surface area (Å²) in [6.07, 6.45) is 2.62. The predicted octanol–water partition coefficient (Wildman–Crippen LogP) is 2.96. The van der Waals surface area contributed by atoms with Crippen molar-refractivity contribution in [3.05, 3.63) is 65.7 Å². The maximum Gasteiger partial charge on any atom is 0.244 e. The third kappa shape index (κ3) is 3.49. The molecule has 0 aromatic heterocycles. The van der Waals surface area contributed by atoms with Crippen molar-refractivity contribution in [1.29, 1.82) is 0 Å². The third-order valence-corrected chi connectivity index (χ3v) is 3.99. The van der Waals surface area contributed by atoms with Crippen molar-refractivity contribution >= 4 is 24.0 Å². The number of hydrogen-bond acceptors (Lipinski definition) is 2. The van der Waals surface area contributed by atoms with Crippen molar-refractivity contribution in [2.45, 2.75) is 25.3 Å². The quantitative estimate of drug-likeness (QED) is 0.946. The smallest absolute Gasteiger partial charge is 0.244 e. The number of anilines is 1. The van der Waals surface area contributed by atoms with Gasteiger partial charge in [-0.05, 0) is 36.5 Å². The van der Waals surface area contributed by atoms with Crippen LogP contribution in [-0.4, -0.2) is 18.5 Å². The number of rotatable bonds is 3. The number of hydrogen-bond donors (Lipinski definition) is 1. The summed E-state index contributed by atoms with van der Waals surface area (Å²) < 4.78 is 0. The molecule has 1 heterocycles. The fraction of sp³-hybridized carbons (Fsp3) is 0.278. The van der Waals surface area contributed by atoms with Crippen LogP contribution in [-0.2, 0) is 17.6 Å². The molecule has 22 heavy (non-hydrogen) atoms. The van der Waals surface area contributed by atoms with E-state index in [1.807, 2.05) is 53.4 Å². The summed E-state index contributed by atoms with van der Waals surface area (Å²) >= 11 is 0. The Balaban J connectivity index is 0.00000176. The second-order valence-corrected chi connectivity index (χ2v) is 5.52. The van der Waals surface area contributed by atoms with Crippen LogP contribution in [0.4, 0.5) is 5.69 Å². The Hall–Kier alpha value is -1.84. The van der Waals surface area contributed by atoms with E-state index in [4.69, 9.17) is 5.73 Å². The van der Waals surface area contributed by atoms with Crippen LogP contribution in [0.1, 0.15) is 17.5 Å². The Kier molecular flexibility index (Phi) is 5.58. The number of para-hydroxylation sites is 1. The highest BCUT2D eigenvalue weighted by atomic mass is 35.5. The predicted molar refractivity (Wildman–Crippen MR) is 92.5 cm³/mol. The molecule has 2 aromatic carbocycles. The third-order valence-electron chi connectivity index (χ3n) is 3.99. The summed E-state index contributed by atoms with van der Waals surface area (Å²) in [5, 5.41) is 0. The molecule has 1 aliphatic rings. The van der Waals surface area contributed by atoms with Gasteiger partial charge in [-0.25, -0.2) is 0 Å². The van der Waals surface area contributed by atoms with Gasteiger partial charge in [0.2, 0.25) is 5.91 Å². The number of halogens is 1. The molecule has 3 rings (SSSR count). The van der Waals surface area contributed by atoms with Gasteiger partial charge >= 0.3 is 0 Å². The van der Waals surface area contributed by atoms with Crippen molar-refractivity contribution in [2.24, 2.45) is 5.73 Å². The molecule has 3 nitrogen and oxygen atoms in total. The molecule has 2 aromatic rings. The van der Waals surface area contributed by atoms with Crippen LogP contribution in [0.3, 0.4) is 0 Å². The lowest BCUT2D eigenvalue weighted by Gasteiger charge is -2.31. The normalized spacial score (nSPS) is 14.7. The first kappa shape index (κ1) is 16.5. The number of fused-ring (bicyclic) bond motifs is 1. The molecule has 4 heteroatoms. The molecule has 116 valence electrons. The first-order valence-corrected chi connectivity index (χ1v) is 7.44. The first-order valence-electron chi connectivity index (χ1n) is 7.44. The van der Waals surface area contributed by atoms with E-state index in [0.717, 1.165) is 30.6 Å². The first-order chi connectivity index (χ1) is 10.3. The molecule has 2 N–H and O–H groups in total. The van der Waals surface area contributed by atoms with E-state index >= 15 is 0 Å². The molecule has 0 aliphatic carbocycles. The number of carbonyl (C=O) groups excluding carboxylic acids is 1. The van der Waals surface area contributed by atoms with Gasteiger partial charge in [-0.15, -0.1) is 12.4 Å². The highest BCUT2D eigenvalue weighted by molar-refractivity contribution is 5.98. The van der Waals surface area contributed by atoms with Crippen LogP contribution >= 0.6 is 12.4 Å². The van der Waals surface area contributed by atoms with Crippen molar-refractivity contribution in [3.63, 3.8) is 0 Å². The number of nitrogens with zero attached hydrogens (tertiary/aromatic N) is 1. The molecular weight excluding hydrogens is 296 g/mol. The zero-order chi connectivity index (χ0) is 14.7. The molecule has 0 spiro atoms. The average Bonchev–Trinajstić information content (AvgIpc) is 2.54. The van der Waals surface area contributed by atoms with E-state index in [1.54, 1.807) is 0 Å². The molecule has 0 saturated carbocycles. The molecule has 1 aliphatic heterocycles. The van der Waals surface area contributed by atoms with Crippen molar-refractivity contribution in [3.8, 4) is 0 Å². The van der Waals surface area contributed by atoms with Gasteiger partial charge in [0.05, 0.1) is 6.04 Å². The van der Waals surface area contributed by atoms with E-state index in [2.05, 4.69) is 6.07 Å². The zero-order valence-electron chi connectivity index (χ0n) is 12.4. The summed E-state index contributed by atoms with van der Waals surface area (Å²) in [6, 6.07) is 17.6. The van der Waals surface area contributed by atoms with Crippen LogP contribution in [0, 0.1) is 0 Å². The van der Waals surface area contributed by atoms with Crippen LogP contribution in [0.25, 0.3) is 0 Å². The van der Waals surface area contributed by atoms with Gasteiger partial charge in [-0.2, -0.15) is 0 Å². The van der Waals surface area contributed by atoms with E-state index < -0.39 is 6.04 Å². The minimum absolute atomic E-state index is 0. The highest BCUT2D eigenvalue weighted by Gasteiger charge is 2.26. The van der Waals surface area contributed by atoms with Crippen LogP contribution < -0.4 is 10.6 Å². The average molecular weight is 317 g/mol. The number of aryl methyl sites for hydroxylation is 1. The molecule has 1 atom stereocenters. The van der Waals surface area contributed by atoms with Crippen molar-refractivity contribution in [1.82, 2.24) is 0 Å². The minimum Gasteiger partial charge on any atom is -0.320 e. The molecule has 0 radical (unpaired) electrons. The Morgan fingerprint density at radius 3 is 2.55 bits per heavy atom. The molecule has 0 saturated heterocycles. The highest BCUT2D eigenvalue weighted by Crippen LogP contribution is 2.27. The summed E-state index contributed by atoms with van der Waals surface area (Å²) in [5.41, 5.74) is 9.51. The van der Waals surface area contributed by atoms with Crippen LogP contribution in [0.2, 0.25) is 0 Å². The summed E-state index contributed by atoms with van der Waals surface area (Å²) in [7, 11) is 0. The van der Waals surface area contributed by atoms with Crippen LogP contribution in [0.5, 0.6) is 0 Å². The largest absolute Gasteiger partial charge is 0.320 e. The fourth-order valence-electron chi connectivity index (χ4n) is 2.92. The second kappa shape index (κ2) is 7.43. The Morgan fingerprint density at radius 1 is 1.09 bits per heavy atom. The van der Waals surface area contributed by atoms with Gasteiger partial charge in [-0.1, -0.05) is 48.5 Å².